The minimum Gasteiger partial charge on any atom is -0.304 e. The highest BCUT2D eigenvalue weighted by molar-refractivity contribution is 9.10. The number of rotatable bonds is 3. The number of nitrogens with zero attached hydrogens (tertiary/aromatic N) is 2. The Morgan fingerprint density at radius 1 is 0.938 bits per heavy atom. The summed E-state index contributed by atoms with van der Waals surface area (Å²) in [5, 5.41) is 0. The molecule has 1 fully saturated rings. The van der Waals surface area contributed by atoms with Gasteiger partial charge >= 0.3 is 0 Å². The van der Waals surface area contributed by atoms with Gasteiger partial charge in [0.2, 0.25) is 5.91 Å². The second-order valence-electron chi connectivity index (χ2n) is 7.64. The fourth-order valence-corrected chi connectivity index (χ4v) is 6.71. The molecule has 3 aromatic carbocycles. The molecular formula is C23H16BrFN2O4S. The predicted molar refractivity (Wildman–Crippen MR) is 121 cm³/mol. The first-order valence-corrected chi connectivity index (χ1v) is 12.2. The molecule has 0 saturated carbocycles. The first kappa shape index (κ1) is 20.8. The molecule has 2 aliphatic rings. The Balaban J connectivity index is 1.72. The maximum Gasteiger partial charge on any atom is 0.274 e. The molecule has 0 unspecified atom stereocenters. The molecule has 5 rings (SSSR count). The molecular weight excluding hydrogens is 499 g/mol. The van der Waals surface area contributed by atoms with Crippen molar-refractivity contribution in [2.45, 2.75) is 11.4 Å². The van der Waals surface area contributed by atoms with E-state index in [1.807, 2.05) is 0 Å². The highest BCUT2D eigenvalue weighted by Gasteiger charge is 2.69. The fourth-order valence-electron chi connectivity index (χ4n) is 4.41. The van der Waals surface area contributed by atoms with Crippen LogP contribution in [0, 0.1) is 5.82 Å². The molecule has 1 atom stereocenters. The Bertz CT molecular complexity index is 1360. The van der Waals surface area contributed by atoms with Crippen molar-refractivity contribution in [1.29, 1.82) is 0 Å². The number of hydrogen-bond donors (Lipinski definition) is 0. The molecule has 0 aliphatic carbocycles. The van der Waals surface area contributed by atoms with Crippen LogP contribution in [0.2, 0.25) is 0 Å². The number of para-hydroxylation sites is 1. The van der Waals surface area contributed by atoms with E-state index in [1.165, 1.54) is 29.2 Å². The summed E-state index contributed by atoms with van der Waals surface area (Å²) in [4.78, 5) is 27.2. The van der Waals surface area contributed by atoms with E-state index >= 15 is 0 Å². The minimum atomic E-state index is -4.22. The summed E-state index contributed by atoms with van der Waals surface area (Å²) in [5.41, 5.74) is 1.58. The second kappa shape index (κ2) is 7.25. The zero-order valence-corrected chi connectivity index (χ0v) is 18.9. The van der Waals surface area contributed by atoms with Gasteiger partial charge in [0.05, 0.1) is 12.2 Å². The number of carbonyl (C=O) groups is 2. The summed E-state index contributed by atoms with van der Waals surface area (Å²) in [6.07, 6.45) is 0. The highest BCUT2D eigenvalue weighted by atomic mass is 79.9. The van der Waals surface area contributed by atoms with Gasteiger partial charge < -0.3 is 4.90 Å². The summed E-state index contributed by atoms with van der Waals surface area (Å²) >= 11 is 3.33. The molecule has 0 N–H and O–H groups in total. The van der Waals surface area contributed by atoms with Crippen molar-refractivity contribution in [2.75, 3.05) is 15.6 Å². The van der Waals surface area contributed by atoms with Crippen LogP contribution in [0.5, 0.6) is 0 Å². The lowest BCUT2D eigenvalue weighted by molar-refractivity contribution is -0.123. The summed E-state index contributed by atoms with van der Waals surface area (Å²) in [7, 11) is -4.22. The first-order valence-electron chi connectivity index (χ1n) is 9.72. The maximum atomic E-state index is 13.9. The SMILES string of the molecule is O=C1CS(=O)(=O)[C@@]2(C(=O)N(Cc3ccc(F)cc3)c3ccccc32)N1c1ccc(Br)cc1. The van der Waals surface area contributed by atoms with Gasteiger partial charge in [0.25, 0.3) is 10.8 Å². The summed E-state index contributed by atoms with van der Waals surface area (Å²) in [6, 6.07) is 18.8. The molecule has 1 saturated heterocycles. The van der Waals surface area contributed by atoms with Crippen LogP contribution in [0.3, 0.4) is 0 Å². The molecule has 0 radical (unpaired) electrons. The number of benzene rings is 3. The van der Waals surface area contributed by atoms with Crippen LogP contribution in [0.4, 0.5) is 15.8 Å². The van der Waals surface area contributed by atoms with Gasteiger partial charge in [0, 0.05) is 15.7 Å². The van der Waals surface area contributed by atoms with Crippen LogP contribution < -0.4 is 9.80 Å². The topological polar surface area (TPSA) is 74.8 Å². The number of halogens is 2. The Kier molecular flexibility index (Phi) is 4.72. The van der Waals surface area contributed by atoms with Crippen LogP contribution in [0.1, 0.15) is 11.1 Å². The van der Waals surface area contributed by atoms with Crippen molar-refractivity contribution in [2.24, 2.45) is 0 Å². The molecule has 162 valence electrons. The van der Waals surface area contributed by atoms with Gasteiger partial charge in [-0.2, -0.15) is 0 Å². The molecule has 2 aliphatic heterocycles. The number of sulfone groups is 1. The quantitative estimate of drug-likeness (QED) is 0.533. The van der Waals surface area contributed by atoms with E-state index in [2.05, 4.69) is 15.9 Å². The van der Waals surface area contributed by atoms with Crippen molar-refractivity contribution in [3.05, 3.63) is 94.2 Å². The van der Waals surface area contributed by atoms with Crippen LogP contribution in [-0.4, -0.2) is 26.0 Å². The van der Waals surface area contributed by atoms with Gasteiger partial charge in [-0.05, 0) is 48.0 Å². The van der Waals surface area contributed by atoms with Crippen molar-refractivity contribution in [3.63, 3.8) is 0 Å². The maximum absolute atomic E-state index is 13.9. The summed E-state index contributed by atoms with van der Waals surface area (Å²) < 4.78 is 41.1. The third-order valence-electron chi connectivity index (χ3n) is 5.76. The molecule has 1 spiro atoms. The monoisotopic (exact) mass is 514 g/mol. The number of hydrogen-bond acceptors (Lipinski definition) is 4. The van der Waals surface area contributed by atoms with Crippen molar-refractivity contribution < 1.29 is 22.4 Å². The fraction of sp³-hybridized carbons (Fsp3) is 0.130. The Labute approximate surface area is 192 Å². The lowest BCUT2D eigenvalue weighted by Gasteiger charge is -2.32. The average molecular weight is 515 g/mol. The van der Waals surface area contributed by atoms with Gasteiger partial charge in [-0.15, -0.1) is 0 Å². The van der Waals surface area contributed by atoms with E-state index in [-0.39, 0.29) is 12.1 Å². The Morgan fingerprint density at radius 2 is 1.59 bits per heavy atom. The van der Waals surface area contributed by atoms with Crippen LogP contribution >= 0.6 is 15.9 Å². The molecule has 9 heteroatoms. The first-order chi connectivity index (χ1) is 15.3. The molecule has 3 aromatic rings. The normalized spacial score (nSPS) is 21.4. The second-order valence-corrected chi connectivity index (χ2v) is 10.7. The van der Waals surface area contributed by atoms with Gasteiger partial charge in [0.1, 0.15) is 11.6 Å². The number of carbonyl (C=O) groups excluding carboxylic acids is 2. The molecule has 6 nitrogen and oxygen atoms in total. The Hall–Kier alpha value is -3.04. The van der Waals surface area contributed by atoms with Crippen LogP contribution in [-0.2, 0) is 30.8 Å². The Morgan fingerprint density at radius 3 is 2.28 bits per heavy atom. The molecule has 0 aromatic heterocycles. The third kappa shape index (κ3) is 2.84. The molecule has 0 bridgehead atoms. The minimum absolute atomic E-state index is 0.0375. The standard InChI is InChI=1S/C23H16BrFN2O4S/c24-16-7-11-18(12-8-16)27-21(28)14-32(30,31)23(27)19-3-1-2-4-20(19)26(22(23)29)13-15-5-9-17(25)10-6-15/h1-12H,13-14H2/t23-/m0/s1. The smallest absolute Gasteiger partial charge is 0.274 e. The lowest BCUT2D eigenvalue weighted by Crippen LogP contribution is -2.54. The molecule has 2 amide bonds. The van der Waals surface area contributed by atoms with Gasteiger partial charge in [-0.1, -0.05) is 46.3 Å². The zero-order valence-electron chi connectivity index (χ0n) is 16.5. The van der Waals surface area contributed by atoms with E-state index in [0.29, 0.717) is 16.9 Å². The average Bonchev–Trinajstić information content (AvgIpc) is 3.13. The lowest BCUT2D eigenvalue weighted by atomic mass is 10.0. The molecule has 32 heavy (non-hydrogen) atoms. The van der Waals surface area contributed by atoms with E-state index in [9.17, 15) is 22.4 Å². The number of amides is 2. The van der Waals surface area contributed by atoms with Crippen molar-refractivity contribution in [1.82, 2.24) is 0 Å². The van der Waals surface area contributed by atoms with Gasteiger partial charge in [-0.3, -0.25) is 14.5 Å². The zero-order chi connectivity index (χ0) is 22.7. The van der Waals surface area contributed by atoms with Crippen LogP contribution in [0.15, 0.2) is 77.3 Å². The van der Waals surface area contributed by atoms with Gasteiger partial charge in [0.15, 0.2) is 9.84 Å². The van der Waals surface area contributed by atoms with Crippen molar-refractivity contribution in [3.8, 4) is 0 Å². The van der Waals surface area contributed by atoms with Gasteiger partial charge in [-0.25, -0.2) is 12.8 Å². The summed E-state index contributed by atoms with van der Waals surface area (Å²) in [6.45, 7) is 0.0375. The van der Waals surface area contributed by atoms with Crippen molar-refractivity contribution >= 4 is 49.0 Å². The largest absolute Gasteiger partial charge is 0.304 e. The predicted octanol–water partition coefficient (Wildman–Crippen LogP) is 3.75. The summed E-state index contributed by atoms with van der Waals surface area (Å²) in [5.74, 6) is -2.58. The third-order valence-corrected chi connectivity index (χ3v) is 8.39. The number of anilines is 2. The highest BCUT2D eigenvalue weighted by Crippen LogP contribution is 2.52. The number of fused-ring (bicyclic) bond motifs is 2. The van der Waals surface area contributed by atoms with Crippen LogP contribution in [0.25, 0.3) is 0 Å². The van der Waals surface area contributed by atoms with E-state index in [1.54, 1.807) is 48.5 Å². The molecule has 2 heterocycles. The van der Waals surface area contributed by atoms with E-state index < -0.39 is 38.1 Å². The van der Waals surface area contributed by atoms with E-state index in [4.69, 9.17) is 0 Å². The van der Waals surface area contributed by atoms with E-state index in [0.717, 1.165) is 9.37 Å².